The lowest BCUT2D eigenvalue weighted by atomic mass is 10.2. The lowest BCUT2D eigenvalue weighted by Crippen LogP contribution is -2.44. The second-order valence-electron chi connectivity index (χ2n) is 6.86. The van der Waals surface area contributed by atoms with Crippen molar-refractivity contribution in [1.82, 2.24) is 14.9 Å². The molecule has 4 N–H and O–H groups in total. The summed E-state index contributed by atoms with van der Waals surface area (Å²) in [5.41, 5.74) is 13.1. The Bertz CT molecular complexity index is 882. The highest BCUT2D eigenvalue weighted by Crippen LogP contribution is 2.27. The van der Waals surface area contributed by atoms with E-state index in [0.29, 0.717) is 23.2 Å². The Labute approximate surface area is 165 Å². The van der Waals surface area contributed by atoms with E-state index in [1.54, 1.807) is 20.1 Å². The number of hydrogen-bond donors (Lipinski definition) is 2. The summed E-state index contributed by atoms with van der Waals surface area (Å²) in [4.78, 5) is 18.3. The summed E-state index contributed by atoms with van der Waals surface area (Å²) in [5.74, 6) is 2.96. The minimum absolute atomic E-state index is 0.305. The fraction of sp³-hybridized carbons (Fsp3) is 0.350. The molecule has 0 radical (unpaired) electrons. The van der Waals surface area contributed by atoms with E-state index in [1.165, 1.54) is 0 Å². The van der Waals surface area contributed by atoms with E-state index in [2.05, 4.69) is 26.8 Å². The first-order valence-corrected chi connectivity index (χ1v) is 9.19. The van der Waals surface area contributed by atoms with Crippen LogP contribution < -0.4 is 21.1 Å². The summed E-state index contributed by atoms with van der Waals surface area (Å²) in [7, 11) is 3.76. The Morgan fingerprint density at radius 3 is 2.57 bits per heavy atom. The van der Waals surface area contributed by atoms with Gasteiger partial charge in [-0.25, -0.2) is 15.0 Å². The van der Waals surface area contributed by atoms with E-state index in [4.69, 9.17) is 21.2 Å². The number of aromatic nitrogens is 2. The first-order valence-electron chi connectivity index (χ1n) is 9.19. The van der Waals surface area contributed by atoms with E-state index in [9.17, 15) is 0 Å². The highest BCUT2D eigenvalue weighted by Gasteiger charge is 2.18. The lowest BCUT2D eigenvalue weighted by Gasteiger charge is -2.33. The number of likely N-dealkylation sites (N-methyl/N-ethyl adjacent to an activating group) is 1. The molecular weight excluding hydrogens is 354 g/mol. The normalized spacial score (nSPS) is 16.3. The van der Waals surface area contributed by atoms with E-state index < -0.39 is 0 Å². The first-order chi connectivity index (χ1) is 13.4. The van der Waals surface area contributed by atoms with Gasteiger partial charge in [-0.05, 0) is 32.2 Å². The Balaban J connectivity index is 2.04. The Morgan fingerprint density at radius 1 is 1.14 bits per heavy atom. The minimum atomic E-state index is 0.305. The molecule has 0 amide bonds. The van der Waals surface area contributed by atoms with Gasteiger partial charge in [0, 0.05) is 43.5 Å². The van der Waals surface area contributed by atoms with Crippen LogP contribution in [0.2, 0.25) is 0 Å². The van der Waals surface area contributed by atoms with Crippen LogP contribution in [0.3, 0.4) is 0 Å². The number of rotatable bonds is 5. The fourth-order valence-corrected chi connectivity index (χ4v) is 2.97. The van der Waals surface area contributed by atoms with Gasteiger partial charge in [0.15, 0.2) is 11.6 Å². The highest BCUT2D eigenvalue weighted by molar-refractivity contribution is 5.93. The molecule has 8 heteroatoms. The molecule has 1 saturated heterocycles. The Hall–Kier alpha value is -3.13. The van der Waals surface area contributed by atoms with E-state index in [1.807, 2.05) is 30.3 Å². The third kappa shape index (κ3) is 4.98. The molecule has 3 rings (SSSR count). The van der Waals surface area contributed by atoms with Crippen LogP contribution in [0.5, 0.6) is 5.75 Å². The van der Waals surface area contributed by atoms with Crippen molar-refractivity contribution in [3.63, 3.8) is 0 Å². The number of aliphatic imine (C=N–C) groups is 1. The van der Waals surface area contributed by atoms with Crippen molar-refractivity contribution in [3.8, 4) is 17.1 Å². The number of piperazine rings is 1. The van der Waals surface area contributed by atoms with E-state index in [0.717, 1.165) is 43.3 Å². The average molecular weight is 381 g/mol. The van der Waals surface area contributed by atoms with Crippen LogP contribution in [-0.2, 0) is 0 Å². The monoisotopic (exact) mass is 381 g/mol. The van der Waals surface area contributed by atoms with Crippen molar-refractivity contribution in [1.29, 1.82) is 0 Å². The number of methoxy groups -OCH3 is 1. The summed E-state index contributed by atoms with van der Waals surface area (Å²) in [5, 5.41) is 0. The molecule has 1 aromatic carbocycles. The van der Waals surface area contributed by atoms with Crippen LogP contribution in [0.4, 0.5) is 11.6 Å². The third-order valence-corrected chi connectivity index (χ3v) is 4.47. The highest BCUT2D eigenvalue weighted by atomic mass is 16.5. The number of hydrogen-bond acceptors (Lipinski definition) is 7. The maximum atomic E-state index is 5.98. The summed E-state index contributed by atoms with van der Waals surface area (Å²) in [6.45, 7) is 5.51. The number of nitrogens with two attached hydrogens (primary N) is 2. The standard InChI is InChI=1S/C20H27N7O/c1-14(21)11-17(22)23-18-13-19(27-9-7-26(2)8-10-27)25-20(24-18)15-5-4-6-16(12-15)28-3/h4-6,11-13H,7-10,21H2,1-3H3,(H2,22,23,24,25)/b14-11-. The van der Waals surface area contributed by atoms with Crippen LogP contribution in [-0.4, -0.2) is 61.0 Å². The summed E-state index contributed by atoms with van der Waals surface area (Å²) < 4.78 is 5.33. The van der Waals surface area contributed by atoms with E-state index >= 15 is 0 Å². The van der Waals surface area contributed by atoms with Crippen LogP contribution in [0.25, 0.3) is 11.4 Å². The van der Waals surface area contributed by atoms with Gasteiger partial charge in [0.1, 0.15) is 17.4 Å². The lowest BCUT2D eigenvalue weighted by molar-refractivity contribution is 0.312. The zero-order chi connectivity index (χ0) is 20.1. The zero-order valence-electron chi connectivity index (χ0n) is 16.6. The number of allylic oxidation sites excluding steroid dienone is 1. The average Bonchev–Trinajstić information content (AvgIpc) is 2.67. The van der Waals surface area contributed by atoms with Gasteiger partial charge in [0.25, 0.3) is 0 Å². The van der Waals surface area contributed by atoms with Crippen molar-refractivity contribution in [2.45, 2.75) is 6.92 Å². The van der Waals surface area contributed by atoms with Gasteiger partial charge in [-0.3, -0.25) is 0 Å². The number of amidine groups is 1. The SMILES string of the molecule is COc1cccc(-c2nc(/N=C(N)/C=C(/C)N)cc(N3CCN(C)CC3)n2)c1. The maximum Gasteiger partial charge on any atom is 0.164 e. The molecule has 1 aromatic heterocycles. The largest absolute Gasteiger partial charge is 0.497 e. The molecule has 1 aliphatic heterocycles. The van der Waals surface area contributed by atoms with Crippen LogP contribution >= 0.6 is 0 Å². The molecule has 0 atom stereocenters. The van der Waals surface area contributed by atoms with E-state index in [-0.39, 0.29) is 0 Å². The molecule has 8 nitrogen and oxygen atoms in total. The van der Waals surface area contributed by atoms with Crippen molar-refractivity contribution in [3.05, 3.63) is 42.1 Å². The van der Waals surface area contributed by atoms with Gasteiger partial charge in [0.2, 0.25) is 0 Å². The molecule has 1 fully saturated rings. The first kappa shape index (κ1) is 19.6. The molecule has 148 valence electrons. The molecule has 2 aromatic rings. The smallest absolute Gasteiger partial charge is 0.164 e. The minimum Gasteiger partial charge on any atom is -0.497 e. The van der Waals surface area contributed by atoms with Crippen LogP contribution in [0, 0.1) is 0 Å². The second-order valence-corrected chi connectivity index (χ2v) is 6.86. The fourth-order valence-electron chi connectivity index (χ4n) is 2.97. The topological polar surface area (TPSA) is 106 Å². The van der Waals surface area contributed by atoms with Gasteiger partial charge in [-0.1, -0.05) is 12.1 Å². The molecule has 28 heavy (non-hydrogen) atoms. The molecule has 0 bridgehead atoms. The third-order valence-electron chi connectivity index (χ3n) is 4.47. The van der Waals surface area contributed by atoms with Crippen molar-refractivity contribution < 1.29 is 4.74 Å². The molecule has 0 saturated carbocycles. The number of anilines is 1. The number of benzene rings is 1. The van der Waals surface area contributed by atoms with Gasteiger partial charge in [-0.15, -0.1) is 0 Å². The number of ether oxygens (including phenoxy) is 1. The predicted molar refractivity (Wildman–Crippen MR) is 113 cm³/mol. The molecule has 1 aliphatic rings. The van der Waals surface area contributed by atoms with Gasteiger partial charge >= 0.3 is 0 Å². The summed E-state index contributed by atoms with van der Waals surface area (Å²) in [6.07, 6.45) is 1.61. The van der Waals surface area contributed by atoms with Gasteiger partial charge < -0.3 is 26.0 Å². The van der Waals surface area contributed by atoms with Crippen molar-refractivity contribution >= 4 is 17.5 Å². The Kier molecular flexibility index (Phi) is 6.10. The number of nitrogens with zero attached hydrogens (tertiary/aromatic N) is 5. The summed E-state index contributed by atoms with van der Waals surface area (Å²) in [6, 6.07) is 9.52. The van der Waals surface area contributed by atoms with Crippen LogP contribution in [0.15, 0.2) is 47.1 Å². The molecule has 2 heterocycles. The second kappa shape index (κ2) is 8.71. The molecule has 0 aliphatic carbocycles. The maximum absolute atomic E-state index is 5.98. The summed E-state index contributed by atoms with van der Waals surface area (Å²) >= 11 is 0. The Morgan fingerprint density at radius 2 is 1.89 bits per heavy atom. The molecular formula is C20H27N7O. The zero-order valence-corrected chi connectivity index (χ0v) is 16.6. The van der Waals surface area contributed by atoms with Crippen molar-refractivity contribution in [2.24, 2.45) is 16.5 Å². The molecule has 0 unspecified atom stereocenters. The quantitative estimate of drug-likeness (QED) is 0.600. The molecule has 0 spiro atoms. The van der Waals surface area contributed by atoms with Crippen molar-refractivity contribution in [2.75, 3.05) is 45.2 Å². The van der Waals surface area contributed by atoms with Gasteiger partial charge in [0.05, 0.1) is 7.11 Å². The van der Waals surface area contributed by atoms with Gasteiger partial charge in [-0.2, -0.15) is 0 Å². The van der Waals surface area contributed by atoms with Crippen LogP contribution in [0.1, 0.15) is 6.92 Å². The predicted octanol–water partition coefficient (Wildman–Crippen LogP) is 1.76.